The van der Waals surface area contributed by atoms with Crippen molar-refractivity contribution in [2.75, 3.05) is 0 Å². The fourth-order valence-corrected chi connectivity index (χ4v) is 9.53. The number of nitrogens with zero attached hydrogens (tertiary/aromatic N) is 2. The summed E-state index contributed by atoms with van der Waals surface area (Å²) in [6, 6.07) is 64.2. The Labute approximate surface area is 304 Å². The lowest BCUT2D eigenvalue weighted by Gasteiger charge is -2.18. The van der Waals surface area contributed by atoms with E-state index in [4.69, 9.17) is 4.98 Å². The molecule has 242 valence electrons. The number of hydrogen-bond donors (Lipinski definition) is 0. The van der Waals surface area contributed by atoms with Crippen molar-refractivity contribution in [1.29, 1.82) is 0 Å². The molecule has 3 aromatic heterocycles. The zero-order valence-electron chi connectivity index (χ0n) is 28.1. The van der Waals surface area contributed by atoms with Crippen molar-refractivity contribution in [2.45, 2.75) is 0 Å². The number of fused-ring (bicyclic) bond motifs is 8. The maximum atomic E-state index is 4.82. The van der Waals surface area contributed by atoms with E-state index in [1.807, 2.05) is 23.6 Å². The highest BCUT2D eigenvalue weighted by molar-refractivity contribution is 7.25. The minimum absolute atomic E-state index is 0.987. The van der Waals surface area contributed by atoms with Gasteiger partial charge in [0.25, 0.3) is 0 Å². The van der Waals surface area contributed by atoms with Crippen LogP contribution < -0.4 is 0 Å². The van der Waals surface area contributed by atoms with E-state index in [0.717, 1.165) is 11.3 Å². The summed E-state index contributed by atoms with van der Waals surface area (Å²) >= 11 is 1.87. The van der Waals surface area contributed by atoms with Crippen molar-refractivity contribution < 1.29 is 0 Å². The molecule has 2 nitrogen and oxygen atoms in total. The normalized spacial score (nSPS) is 11.8. The van der Waals surface area contributed by atoms with Crippen molar-refractivity contribution in [3.05, 3.63) is 182 Å². The van der Waals surface area contributed by atoms with Crippen molar-refractivity contribution in [3.8, 4) is 39.1 Å². The highest BCUT2D eigenvalue weighted by Gasteiger charge is 2.19. The van der Waals surface area contributed by atoms with Crippen molar-refractivity contribution >= 4 is 75.0 Å². The Hall–Kier alpha value is -6.55. The quantitative estimate of drug-likeness (QED) is 0.169. The molecule has 3 heteroatoms. The number of aromatic nitrogens is 2. The molecule has 0 spiro atoms. The van der Waals surface area contributed by atoms with Crippen LogP contribution in [0.25, 0.3) is 103 Å². The Morgan fingerprint density at radius 2 is 0.923 bits per heavy atom. The van der Waals surface area contributed by atoms with E-state index in [0.29, 0.717) is 0 Å². The topological polar surface area (TPSA) is 17.8 Å². The first-order chi connectivity index (χ1) is 25.8. The third-order valence-corrected chi connectivity index (χ3v) is 11.7. The number of benzene rings is 8. The van der Waals surface area contributed by atoms with Gasteiger partial charge in [-0.15, -0.1) is 11.3 Å². The van der Waals surface area contributed by atoms with Crippen LogP contribution in [0.3, 0.4) is 0 Å². The zero-order chi connectivity index (χ0) is 34.2. The number of rotatable bonds is 4. The summed E-state index contributed by atoms with van der Waals surface area (Å²) in [5.74, 6) is 0. The average Bonchev–Trinajstić information content (AvgIpc) is 3.75. The number of pyridine rings is 1. The summed E-state index contributed by atoms with van der Waals surface area (Å²) in [6.07, 6.45) is 1.89. The van der Waals surface area contributed by atoms with Gasteiger partial charge in [0.15, 0.2) is 0 Å². The molecule has 3 heterocycles. The maximum absolute atomic E-state index is 4.82. The first-order valence-electron chi connectivity index (χ1n) is 17.7. The molecule has 0 N–H and O–H groups in total. The lowest BCUT2D eigenvalue weighted by molar-refractivity contribution is 1.14. The Morgan fingerprint density at radius 3 is 1.65 bits per heavy atom. The Bertz CT molecular complexity index is 3080. The number of thiophene rings is 1. The van der Waals surface area contributed by atoms with Crippen molar-refractivity contribution in [1.82, 2.24) is 9.55 Å². The Morgan fingerprint density at radius 1 is 0.365 bits per heavy atom. The molecule has 52 heavy (non-hydrogen) atoms. The average molecular weight is 679 g/mol. The van der Waals surface area contributed by atoms with Crippen molar-refractivity contribution in [3.63, 3.8) is 0 Å². The van der Waals surface area contributed by atoms with Gasteiger partial charge in [-0.25, -0.2) is 4.98 Å². The molecule has 0 aliphatic carbocycles. The van der Waals surface area contributed by atoms with Crippen LogP contribution >= 0.6 is 11.3 Å². The highest BCUT2D eigenvalue weighted by atomic mass is 32.1. The van der Waals surface area contributed by atoms with E-state index < -0.39 is 0 Å². The second-order valence-electron chi connectivity index (χ2n) is 13.5. The predicted molar refractivity (Wildman–Crippen MR) is 223 cm³/mol. The molecule has 0 aliphatic heterocycles. The largest absolute Gasteiger partial charge is 0.294 e. The fraction of sp³-hybridized carbons (Fsp3) is 0. The van der Waals surface area contributed by atoms with E-state index in [2.05, 4.69) is 174 Å². The van der Waals surface area contributed by atoms with Gasteiger partial charge in [0, 0.05) is 42.8 Å². The first-order valence-corrected chi connectivity index (χ1v) is 18.5. The molecule has 0 saturated heterocycles. The van der Waals surface area contributed by atoms with E-state index in [-0.39, 0.29) is 0 Å². The molecule has 0 radical (unpaired) electrons. The number of para-hydroxylation sites is 1. The SMILES string of the molecule is c1ccc(-c2cccc(-c3c4ccccc4c(-c4ccc5c(c4)sc4cc(-n6c7ccccc7c7cccnc76)ccc45)c4ccccc34)c2)cc1. The molecule has 0 atom stereocenters. The van der Waals surface area contributed by atoms with Crippen LogP contribution in [0.5, 0.6) is 0 Å². The van der Waals surface area contributed by atoms with E-state index in [1.54, 1.807) is 0 Å². The Kier molecular flexibility index (Phi) is 6.46. The third-order valence-electron chi connectivity index (χ3n) is 10.6. The monoisotopic (exact) mass is 678 g/mol. The van der Waals surface area contributed by atoms with Gasteiger partial charge in [0.2, 0.25) is 0 Å². The van der Waals surface area contributed by atoms with Crippen LogP contribution in [-0.4, -0.2) is 9.55 Å². The van der Waals surface area contributed by atoms with Crippen LogP contribution in [-0.2, 0) is 0 Å². The van der Waals surface area contributed by atoms with Gasteiger partial charge in [0.1, 0.15) is 5.65 Å². The zero-order valence-corrected chi connectivity index (χ0v) is 28.9. The third kappa shape index (κ3) is 4.40. The molecule has 11 rings (SSSR count). The van der Waals surface area contributed by atoms with Gasteiger partial charge in [0.05, 0.1) is 5.52 Å². The summed E-state index contributed by atoms with van der Waals surface area (Å²) in [6.45, 7) is 0. The van der Waals surface area contributed by atoms with Crippen LogP contribution in [0, 0.1) is 0 Å². The lowest BCUT2D eigenvalue weighted by Crippen LogP contribution is -1.94. The fourth-order valence-electron chi connectivity index (χ4n) is 8.35. The van der Waals surface area contributed by atoms with Gasteiger partial charge in [-0.05, 0) is 97.4 Å². The van der Waals surface area contributed by atoms with E-state index in [1.165, 1.54) is 91.4 Å². The minimum Gasteiger partial charge on any atom is -0.294 e. The molecular formula is C49H30N2S. The molecule has 0 amide bonds. The lowest BCUT2D eigenvalue weighted by atomic mass is 9.85. The first kappa shape index (κ1) is 29.2. The van der Waals surface area contributed by atoms with Crippen LogP contribution in [0.1, 0.15) is 0 Å². The van der Waals surface area contributed by atoms with Gasteiger partial charge in [-0.1, -0.05) is 133 Å². The molecule has 0 saturated carbocycles. The van der Waals surface area contributed by atoms with Crippen LogP contribution in [0.4, 0.5) is 0 Å². The van der Waals surface area contributed by atoms with Gasteiger partial charge in [-0.2, -0.15) is 0 Å². The second-order valence-corrected chi connectivity index (χ2v) is 14.6. The van der Waals surface area contributed by atoms with Crippen LogP contribution in [0.15, 0.2) is 182 Å². The van der Waals surface area contributed by atoms with Crippen LogP contribution in [0.2, 0.25) is 0 Å². The molecule has 0 bridgehead atoms. The molecule has 11 aromatic rings. The summed E-state index contributed by atoms with van der Waals surface area (Å²) < 4.78 is 4.86. The molecule has 0 fully saturated rings. The second kappa shape index (κ2) is 11.5. The predicted octanol–water partition coefficient (Wildman–Crippen LogP) is 13.9. The number of hydrogen-bond acceptors (Lipinski definition) is 2. The van der Waals surface area contributed by atoms with Crippen molar-refractivity contribution in [2.24, 2.45) is 0 Å². The smallest absolute Gasteiger partial charge is 0.145 e. The maximum Gasteiger partial charge on any atom is 0.145 e. The highest BCUT2D eigenvalue weighted by Crippen LogP contribution is 2.46. The summed E-state index contributed by atoms with van der Waals surface area (Å²) in [5.41, 5.74) is 10.8. The van der Waals surface area contributed by atoms with E-state index >= 15 is 0 Å². The van der Waals surface area contributed by atoms with Gasteiger partial charge < -0.3 is 0 Å². The summed E-state index contributed by atoms with van der Waals surface area (Å²) in [4.78, 5) is 4.82. The van der Waals surface area contributed by atoms with Gasteiger partial charge in [-0.3, -0.25) is 4.57 Å². The molecule has 8 aromatic carbocycles. The summed E-state index contributed by atoms with van der Waals surface area (Å²) in [7, 11) is 0. The van der Waals surface area contributed by atoms with Gasteiger partial charge >= 0.3 is 0 Å². The molecule has 0 unspecified atom stereocenters. The standard InChI is InChI=1S/C49H30N2S/c1-2-12-31(13-3-1)32-14-10-15-33(28-32)47-39-17-4-6-19-41(39)48(42-20-7-5-18-40(42)47)34-23-25-37-38-26-24-35(30-46(38)52-45(37)29-34)51-44-22-9-8-16-36(44)43-21-11-27-50-49(43)51/h1-30H. The Balaban J connectivity index is 1.10. The summed E-state index contributed by atoms with van der Waals surface area (Å²) in [5, 5.41) is 10.0. The molecule has 0 aliphatic rings. The van der Waals surface area contributed by atoms with E-state index in [9.17, 15) is 0 Å². The molecular weight excluding hydrogens is 649 g/mol. The minimum atomic E-state index is 0.987.